The summed E-state index contributed by atoms with van der Waals surface area (Å²) in [7, 11) is 0. The van der Waals surface area contributed by atoms with Crippen molar-refractivity contribution >= 4 is 41.5 Å². The molecule has 0 saturated carbocycles. The van der Waals surface area contributed by atoms with E-state index < -0.39 is 0 Å². The van der Waals surface area contributed by atoms with E-state index in [4.69, 9.17) is 11.6 Å². The molecule has 2 heterocycles. The van der Waals surface area contributed by atoms with Crippen LogP contribution in [-0.2, 0) is 6.42 Å². The van der Waals surface area contributed by atoms with Crippen LogP contribution in [0.5, 0.6) is 0 Å². The Morgan fingerprint density at radius 2 is 2.25 bits per heavy atom. The zero-order valence-electron chi connectivity index (χ0n) is 11.0. The van der Waals surface area contributed by atoms with Crippen LogP contribution in [0.4, 0.5) is 0 Å². The molecule has 104 valence electrons. The number of hydrogen-bond acceptors (Lipinski definition) is 3. The highest BCUT2D eigenvalue weighted by molar-refractivity contribution is 7.80. The lowest BCUT2D eigenvalue weighted by molar-refractivity contribution is 0.0679. The van der Waals surface area contributed by atoms with Crippen molar-refractivity contribution in [3.63, 3.8) is 0 Å². The van der Waals surface area contributed by atoms with Gasteiger partial charge in [0.05, 0.1) is 16.6 Å². The van der Waals surface area contributed by atoms with Crippen molar-refractivity contribution in [3.8, 4) is 0 Å². The molecule has 1 aliphatic rings. The Morgan fingerprint density at radius 1 is 1.45 bits per heavy atom. The maximum Gasteiger partial charge on any atom is 0.255 e. The fraction of sp³-hybridized carbons (Fsp3) is 0.267. The third-order valence-corrected chi connectivity index (χ3v) is 5.32. The molecule has 1 aromatic carbocycles. The van der Waals surface area contributed by atoms with Crippen molar-refractivity contribution in [2.45, 2.75) is 24.3 Å². The number of thiophene rings is 1. The molecule has 0 aliphatic carbocycles. The number of carbonyl (C=O) groups is 1. The van der Waals surface area contributed by atoms with Gasteiger partial charge < -0.3 is 4.90 Å². The Hall–Kier alpha value is -0.970. The van der Waals surface area contributed by atoms with E-state index in [-0.39, 0.29) is 11.9 Å². The fourth-order valence-corrected chi connectivity index (χ4v) is 3.98. The summed E-state index contributed by atoms with van der Waals surface area (Å²) in [6, 6.07) is 7.46. The lowest BCUT2D eigenvalue weighted by Gasteiger charge is -2.34. The highest BCUT2D eigenvalue weighted by atomic mass is 35.5. The Kier molecular flexibility index (Phi) is 3.80. The SMILES string of the molecule is CC1c2ccsc2CCN1C(=O)c1cc(S)ccc1Cl. The Bertz CT molecular complexity index is 668. The second-order valence-electron chi connectivity index (χ2n) is 4.89. The molecule has 1 unspecified atom stereocenters. The van der Waals surface area contributed by atoms with E-state index in [0.717, 1.165) is 17.9 Å². The van der Waals surface area contributed by atoms with Crippen LogP contribution in [0.3, 0.4) is 0 Å². The summed E-state index contributed by atoms with van der Waals surface area (Å²) in [4.78, 5) is 16.8. The third kappa shape index (κ3) is 2.36. The number of benzene rings is 1. The number of fused-ring (bicyclic) bond motifs is 1. The standard InChI is InChI=1S/C15H14ClNOS2/c1-9-11-5-7-20-14(11)4-6-17(9)15(18)12-8-10(19)2-3-13(12)16/h2-3,5,7-9,19H,4,6H2,1H3. The van der Waals surface area contributed by atoms with E-state index >= 15 is 0 Å². The second kappa shape index (κ2) is 5.43. The molecule has 1 atom stereocenters. The highest BCUT2D eigenvalue weighted by Gasteiger charge is 2.29. The summed E-state index contributed by atoms with van der Waals surface area (Å²) in [5.74, 6) is -0.0183. The van der Waals surface area contributed by atoms with Crippen LogP contribution in [0.2, 0.25) is 5.02 Å². The van der Waals surface area contributed by atoms with Gasteiger partial charge >= 0.3 is 0 Å². The van der Waals surface area contributed by atoms with Gasteiger partial charge in [-0.05, 0) is 48.6 Å². The minimum atomic E-state index is -0.0183. The van der Waals surface area contributed by atoms with Crippen LogP contribution in [-0.4, -0.2) is 17.4 Å². The van der Waals surface area contributed by atoms with Crippen molar-refractivity contribution in [1.29, 1.82) is 0 Å². The summed E-state index contributed by atoms with van der Waals surface area (Å²) in [6.07, 6.45) is 0.918. The molecule has 0 spiro atoms. The van der Waals surface area contributed by atoms with Crippen LogP contribution < -0.4 is 0 Å². The van der Waals surface area contributed by atoms with Crippen LogP contribution >= 0.6 is 35.6 Å². The molecule has 20 heavy (non-hydrogen) atoms. The van der Waals surface area contributed by atoms with Gasteiger partial charge in [0.15, 0.2) is 0 Å². The molecular formula is C15H14ClNOS2. The maximum absolute atomic E-state index is 12.7. The van der Waals surface area contributed by atoms with Crippen LogP contribution in [0.1, 0.15) is 33.8 Å². The van der Waals surface area contributed by atoms with E-state index in [1.54, 1.807) is 29.5 Å². The molecule has 0 bridgehead atoms. The lowest BCUT2D eigenvalue weighted by Crippen LogP contribution is -2.38. The molecule has 0 N–H and O–H groups in total. The molecule has 1 aliphatic heterocycles. The largest absolute Gasteiger partial charge is 0.331 e. The second-order valence-corrected chi connectivity index (χ2v) is 6.81. The highest BCUT2D eigenvalue weighted by Crippen LogP contribution is 2.34. The minimum absolute atomic E-state index is 0.0183. The topological polar surface area (TPSA) is 20.3 Å². The summed E-state index contributed by atoms with van der Waals surface area (Å²) >= 11 is 12.2. The van der Waals surface area contributed by atoms with Gasteiger partial charge in [0.2, 0.25) is 0 Å². The Morgan fingerprint density at radius 3 is 3.05 bits per heavy atom. The number of carbonyl (C=O) groups excluding carboxylic acids is 1. The van der Waals surface area contributed by atoms with Gasteiger partial charge in [-0.25, -0.2) is 0 Å². The predicted molar refractivity (Wildman–Crippen MR) is 86.2 cm³/mol. The molecule has 0 fully saturated rings. The minimum Gasteiger partial charge on any atom is -0.331 e. The lowest BCUT2D eigenvalue weighted by atomic mass is 10.0. The molecule has 5 heteroatoms. The smallest absolute Gasteiger partial charge is 0.255 e. The zero-order chi connectivity index (χ0) is 14.3. The van der Waals surface area contributed by atoms with Gasteiger partial charge in [0, 0.05) is 16.3 Å². The first-order valence-electron chi connectivity index (χ1n) is 6.43. The van der Waals surface area contributed by atoms with Crippen molar-refractivity contribution in [3.05, 3.63) is 50.7 Å². The first-order valence-corrected chi connectivity index (χ1v) is 8.14. The van der Waals surface area contributed by atoms with Crippen molar-refractivity contribution in [2.75, 3.05) is 6.54 Å². The first-order chi connectivity index (χ1) is 9.58. The molecule has 0 saturated heterocycles. The number of thiol groups is 1. The summed E-state index contributed by atoms with van der Waals surface area (Å²) in [6.45, 7) is 2.81. The average Bonchev–Trinajstić information content (AvgIpc) is 2.90. The number of amides is 1. The molecule has 2 aromatic rings. The van der Waals surface area contributed by atoms with Crippen LogP contribution in [0.15, 0.2) is 34.5 Å². The van der Waals surface area contributed by atoms with Crippen molar-refractivity contribution < 1.29 is 4.79 Å². The quantitative estimate of drug-likeness (QED) is 0.769. The number of halogens is 1. The normalized spacial score (nSPS) is 17.9. The number of rotatable bonds is 1. The predicted octanol–water partition coefficient (Wildman–Crippen LogP) is 4.45. The van der Waals surface area contributed by atoms with E-state index in [1.807, 2.05) is 4.90 Å². The molecule has 1 aromatic heterocycles. The van der Waals surface area contributed by atoms with E-state index in [2.05, 4.69) is 31.0 Å². The molecule has 0 radical (unpaired) electrons. The number of hydrogen-bond donors (Lipinski definition) is 1. The van der Waals surface area contributed by atoms with Gasteiger partial charge in [-0.2, -0.15) is 0 Å². The average molecular weight is 324 g/mol. The van der Waals surface area contributed by atoms with Gasteiger partial charge in [-0.15, -0.1) is 24.0 Å². The first kappa shape index (κ1) is 14.0. The summed E-state index contributed by atoms with van der Waals surface area (Å²) in [5, 5.41) is 2.58. The van der Waals surface area contributed by atoms with Gasteiger partial charge in [0.25, 0.3) is 5.91 Å². The third-order valence-electron chi connectivity index (χ3n) is 3.72. The van der Waals surface area contributed by atoms with Gasteiger partial charge in [0.1, 0.15) is 0 Å². The Balaban J connectivity index is 1.94. The molecular weight excluding hydrogens is 310 g/mol. The summed E-state index contributed by atoms with van der Waals surface area (Å²) < 4.78 is 0. The van der Waals surface area contributed by atoms with E-state index in [1.165, 1.54) is 10.4 Å². The fourth-order valence-electron chi connectivity index (χ4n) is 2.62. The molecule has 3 rings (SSSR count). The van der Waals surface area contributed by atoms with E-state index in [9.17, 15) is 4.79 Å². The zero-order valence-corrected chi connectivity index (χ0v) is 13.4. The van der Waals surface area contributed by atoms with E-state index in [0.29, 0.717) is 10.6 Å². The van der Waals surface area contributed by atoms with Crippen molar-refractivity contribution in [1.82, 2.24) is 4.90 Å². The van der Waals surface area contributed by atoms with Crippen LogP contribution in [0.25, 0.3) is 0 Å². The van der Waals surface area contributed by atoms with Crippen molar-refractivity contribution in [2.24, 2.45) is 0 Å². The molecule has 1 amide bonds. The maximum atomic E-state index is 12.7. The number of nitrogens with zero attached hydrogens (tertiary/aromatic N) is 1. The summed E-state index contributed by atoms with van der Waals surface area (Å²) in [5.41, 5.74) is 1.79. The van der Waals surface area contributed by atoms with Gasteiger partial charge in [-0.3, -0.25) is 4.79 Å². The monoisotopic (exact) mass is 323 g/mol. The molecule has 2 nitrogen and oxygen atoms in total. The Labute approximate surface area is 132 Å². The van der Waals surface area contributed by atoms with Gasteiger partial charge in [-0.1, -0.05) is 11.6 Å². The van der Waals surface area contributed by atoms with Crippen LogP contribution in [0, 0.1) is 0 Å².